The fourth-order valence-corrected chi connectivity index (χ4v) is 6.05. The van der Waals surface area contributed by atoms with E-state index < -0.39 is 28.5 Å². The van der Waals surface area contributed by atoms with E-state index in [1.54, 1.807) is 36.4 Å². The van der Waals surface area contributed by atoms with Gasteiger partial charge in [0.2, 0.25) is 11.8 Å². The van der Waals surface area contributed by atoms with Gasteiger partial charge in [0.05, 0.1) is 10.6 Å². The van der Waals surface area contributed by atoms with Gasteiger partial charge in [0.1, 0.15) is 25.8 Å². The lowest BCUT2D eigenvalue weighted by Gasteiger charge is -2.33. The van der Waals surface area contributed by atoms with Crippen LogP contribution >= 0.6 is 0 Å². The predicted octanol–water partition coefficient (Wildman–Crippen LogP) is 3.91. The molecular formula is C30H35N3O6S. The Bertz CT molecular complexity index is 1440. The molecule has 212 valence electrons. The molecule has 0 radical (unpaired) electrons. The number of sulfonamides is 1. The minimum atomic E-state index is -4.16. The van der Waals surface area contributed by atoms with Crippen LogP contribution < -0.4 is 19.1 Å². The average Bonchev–Trinajstić information content (AvgIpc) is 2.97. The molecule has 0 spiro atoms. The molecule has 2 amide bonds. The zero-order valence-corrected chi connectivity index (χ0v) is 23.8. The van der Waals surface area contributed by atoms with E-state index in [2.05, 4.69) is 5.32 Å². The van der Waals surface area contributed by atoms with Crippen molar-refractivity contribution in [3.8, 4) is 11.5 Å². The van der Waals surface area contributed by atoms with E-state index >= 15 is 0 Å². The highest BCUT2D eigenvalue weighted by molar-refractivity contribution is 7.92. The molecule has 1 atom stereocenters. The number of hydrogen-bond donors (Lipinski definition) is 1. The molecule has 0 saturated carbocycles. The van der Waals surface area contributed by atoms with Crippen LogP contribution in [0.3, 0.4) is 0 Å². The molecule has 40 heavy (non-hydrogen) atoms. The number of fused-ring (bicyclic) bond motifs is 1. The van der Waals surface area contributed by atoms with Crippen molar-refractivity contribution in [2.45, 2.75) is 44.7 Å². The fraction of sp³-hybridized carbons (Fsp3) is 0.333. The van der Waals surface area contributed by atoms with Crippen molar-refractivity contribution in [1.82, 2.24) is 10.2 Å². The number of nitrogens with zero attached hydrogens (tertiary/aromatic N) is 2. The maximum Gasteiger partial charge on any atom is 0.264 e. The van der Waals surface area contributed by atoms with Crippen LogP contribution in [0.5, 0.6) is 11.5 Å². The van der Waals surface area contributed by atoms with Crippen LogP contribution in [0.15, 0.2) is 77.7 Å². The number of rotatable bonds is 11. The number of carbonyl (C=O) groups excluding carboxylic acids is 2. The summed E-state index contributed by atoms with van der Waals surface area (Å²) < 4.78 is 40.3. The van der Waals surface area contributed by atoms with Crippen molar-refractivity contribution < 1.29 is 27.5 Å². The summed E-state index contributed by atoms with van der Waals surface area (Å²) in [6.45, 7) is 6.35. The highest BCUT2D eigenvalue weighted by atomic mass is 32.2. The lowest BCUT2D eigenvalue weighted by atomic mass is 10.1. The number of hydrogen-bond acceptors (Lipinski definition) is 6. The average molecular weight is 566 g/mol. The summed E-state index contributed by atoms with van der Waals surface area (Å²) in [4.78, 5) is 28.7. The molecule has 3 aromatic rings. The van der Waals surface area contributed by atoms with Crippen LogP contribution in [0.1, 0.15) is 31.4 Å². The monoisotopic (exact) mass is 565 g/mol. The largest absolute Gasteiger partial charge is 0.486 e. The summed E-state index contributed by atoms with van der Waals surface area (Å²) >= 11 is 0. The van der Waals surface area contributed by atoms with Gasteiger partial charge in [-0.05, 0) is 55.7 Å². The molecule has 0 aromatic heterocycles. The third kappa shape index (κ3) is 6.39. The first kappa shape index (κ1) is 28.9. The molecule has 1 heterocycles. The Hall–Kier alpha value is -4.05. The number of ether oxygens (including phenoxy) is 2. The van der Waals surface area contributed by atoms with Gasteiger partial charge in [-0.2, -0.15) is 0 Å². The van der Waals surface area contributed by atoms with Crippen molar-refractivity contribution in [3.05, 3.63) is 83.9 Å². The molecule has 0 aliphatic carbocycles. The van der Waals surface area contributed by atoms with Crippen molar-refractivity contribution in [2.24, 2.45) is 0 Å². The van der Waals surface area contributed by atoms with E-state index in [1.165, 1.54) is 17.0 Å². The lowest BCUT2D eigenvalue weighted by molar-refractivity contribution is -0.140. The molecule has 0 fully saturated rings. The Kier molecular flexibility index (Phi) is 9.31. The maximum absolute atomic E-state index is 14.1. The molecule has 1 unspecified atom stereocenters. The third-order valence-corrected chi connectivity index (χ3v) is 8.55. The Morgan fingerprint density at radius 2 is 1.60 bits per heavy atom. The molecule has 1 N–H and O–H groups in total. The normalized spacial score (nSPS) is 13.3. The van der Waals surface area contributed by atoms with Gasteiger partial charge in [-0.15, -0.1) is 0 Å². The summed E-state index contributed by atoms with van der Waals surface area (Å²) in [5.41, 5.74) is 2.09. The van der Waals surface area contributed by atoms with Crippen molar-refractivity contribution in [2.75, 3.05) is 30.6 Å². The zero-order chi connectivity index (χ0) is 28.7. The number of carbonyl (C=O) groups is 2. The highest BCUT2D eigenvalue weighted by Crippen LogP contribution is 2.36. The first-order chi connectivity index (χ1) is 19.3. The SMILES string of the molecule is CCNC(=O)C(CC)N(Cc1ccccc1C)C(=O)CN(c1ccc2c(c1)OCCO2)S(=O)(=O)c1ccccc1. The van der Waals surface area contributed by atoms with Crippen LogP contribution in [-0.2, 0) is 26.2 Å². The number of anilines is 1. The molecular weight excluding hydrogens is 530 g/mol. The summed E-state index contributed by atoms with van der Waals surface area (Å²) in [6, 6.07) is 19.6. The van der Waals surface area contributed by atoms with Gasteiger partial charge >= 0.3 is 0 Å². The van der Waals surface area contributed by atoms with Crippen molar-refractivity contribution in [3.63, 3.8) is 0 Å². The maximum atomic E-state index is 14.1. The molecule has 3 aromatic carbocycles. The molecule has 1 aliphatic heterocycles. The Labute approximate surface area is 235 Å². The smallest absolute Gasteiger partial charge is 0.264 e. The van der Waals surface area contributed by atoms with Gasteiger partial charge in [0, 0.05) is 19.2 Å². The van der Waals surface area contributed by atoms with E-state index in [-0.39, 0.29) is 23.0 Å². The fourth-order valence-electron chi connectivity index (χ4n) is 4.62. The molecule has 4 rings (SSSR count). The van der Waals surface area contributed by atoms with Crippen LogP contribution in [0, 0.1) is 6.92 Å². The van der Waals surface area contributed by atoms with Crippen LogP contribution in [0.2, 0.25) is 0 Å². The Morgan fingerprint density at radius 1 is 0.925 bits per heavy atom. The Morgan fingerprint density at radius 3 is 2.27 bits per heavy atom. The topological polar surface area (TPSA) is 105 Å². The van der Waals surface area contributed by atoms with Gasteiger partial charge in [-0.3, -0.25) is 13.9 Å². The van der Waals surface area contributed by atoms with E-state index in [0.29, 0.717) is 37.7 Å². The van der Waals surface area contributed by atoms with Crippen molar-refractivity contribution >= 4 is 27.5 Å². The van der Waals surface area contributed by atoms with Crippen molar-refractivity contribution in [1.29, 1.82) is 0 Å². The standard InChI is InChI=1S/C30H35N3O6S/c1-4-26(30(35)31-5-2)32(20-23-12-10-9-11-22(23)3)29(34)21-33(40(36,37)25-13-7-6-8-14-25)24-15-16-27-28(19-24)39-18-17-38-27/h6-16,19,26H,4-5,17-18,20-21H2,1-3H3,(H,31,35). The minimum Gasteiger partial charge on any atom is -0.486 e. The molecule has 0 saturated heterocycles. The number of amides is 2. The molecule has 1 aliphatic rings. The van der Waals surface area contributed by atoms with Crippen LogP contribution in [-0.4, -0.2) is 57.5 Å². The van der Waals surface area contributed by atoms with E-state index in [4.69, 9.17) is 9.47 Å². The molecule has 10 heteroatoms. The highest BCUT2D eigenvalue weighted by Gasteiger charge is 2.34. The zero-order valence-electron chi connectivity index (χ0n) is 23.0. The van der Waals surface area contributed by atoms with Gasteiger partial charge in [-0.25, -0.2) is 8.42 Å². The summed E-state index contributed by atoms with van der Waals surface area (Å²) in [5, 5.41) is 2.81. The summed E-state index contributed by atoms with van der Waals surface area (Å²) in [5.74, 6) is 0.108. The van der Waals surface area contributed by atoms with Gasteiger partial charge in [0.15, 0.2) is 11.5 Å². The second-order valence-corrected chi connectivity index (χ2v) is 11.3. The summed E-state index contributed by atoms with van der Waals surface area (Å²) in [7, 11) is -4.16. The molecule has 0 bridgehead atoms. The first-order valence-electron chi connectivity index (χ1n) is 13.3. The lowest BCUT2D eigenvalue weighted by Crippen LogP contribution is -2.52. The second-order valence-electron chi connectivity index (χ2n) is 9.42. The second kappa shape index (κ2) is 12.9. The van der Waals surface area contributed by atoms with E-state index in [0.717, 1.165) is 15.4 Å². The third-order valence-electron chi connectivity index (χ3n) is 6.76. The summed E-state index contributed by atoms with van der Waals surface area (Å²) in [6.07, 6.45) is 0.360. The van der Waals surface area contributed by atoms with Crippen LogP contribution in [0.4, 0.5) is 5.69 Å². The predicted molar refractivity (Wildman–Crippen MR) is 153 cm³/mol. The number of nitrogens with one attached hydrogen (secondary N) is 1. The van der Waals surface area contributed by atoms with Crippen LogP contribution in [0.25, 0.3) is 0 Å². The van der Waals surface area contributed by atoms with E-state index in [9.17, 15) is 18.0 Å². The number of likely N-dealkylation sites (N-methyl/N-ethyl adjacent to an activating group) is 1. The van der Waals surface area contributed by atoms with E-state index in [1.807, 2.05) is 45.0 Å². The number of aryl methyl sites for hydroxylation is 1. The van der Waals surface area contributed by atoms with Gasteiger partial charge < -0.3 is 19.7 Å². The van der Waals surface area contributed by atoms with Gasteiger partial charge in [-0.1, -0.05) is 49.4 Å². The quantitative estimate of drug-likeness (QED) is 0.378. The number of benzene rings is 3. The Balaban J connectivity index is 1.76. The van der Waals surface area contributed by atoms with Gasteiger partial charge in [0.25, 0.3) is 10.0 Å². The first-order valence-corrected chi connectivity index (χ1v) is 14.8. The minimum absolute atomic E-state index is 0.0407. The molecule has 9 nitrogen and oxygen atoms in total.